The van der Waals surface area contributed by atoms with Crippen LogP contribution in [0.3, 0.4) is 0 Å². The van der Waals surface area contributed by atoms with E-state index in [0.29, 0.717) is 12.3 Å². The van der Waals surface area contributed by atoms with Gasteiger partial charge in [0.2, 0.25) is 0 Å². The molecule has 0 aliphatic carbocycles. The van der Waals surface area contributed by atoms with Crippen molar-refractivity contribution in [2.75, 3.05) is 0 Å². The van der Waals surface area contributed by atoms with E-state index in [0.717, 1.165) is 35.5 Å². The first-order chi connectivity index (χ1) is 7.47. The maximum Gasteiger partial charge on any atom is 0.166 e. The van der Waals surface area contributed by atoms with Gasteiger partial charge in [-0.25, -0.2) is 0 Å². The summed E-state index contributed by atoms with van der Waals surface area (Å²) < 4.78 is 5.49. The minimum absolute atomic E-state index is 0.229. The van der Waals surface area contributed by atoms with Crippen LogP contribution in [0.4, 0.5) is 0 Å². The maximum absolute atomic E-state index is 12.1. The van der Waals surface area contributed by atoms with Gasteiger partial charge in [0.25, 0.3) is 0 Å². The van der Waals surface area contributed by atoms with Gasteiger partial charge < -0.3 is 4.42 Å². The van der Waals surface area contributed by atoms with Gasteiger partial charge in [-0.2, -0.15) is 0 Å². The average molecular weight is 222 g/mol. The normalized spacial score (nSPS) is 12.8. The van der Waals surface area contributed by atoms with Crippen molar-refractivity contribution in [3.63, 3.8) is 0 Å². The Morgan fingerprint density at radius 3 is 2.31 bits per heavy atom. The highest BCUT2D eigenvalue weighted by molar-refractivity contribution is 5.98. The number of hydrogen-bond acceptors (Lipinski definition) is 2. The highest BCUT2D eigenvalue weighted by Gasteiger charge is 2.19. The quantitative estimate of drug-likeness (QED) is 0.698. The molecular formula is C14H22O2. The van der Waals surface area contributed by atoms with E-state index in [4.69, 9.17) is 4.42 Å². The van der Waals surface area contributed by atoms with Gasteiger partial charge in [0.15, 0.2) is 5.78 Å². The van der Waals surface area contributed by atoms with Crippen LogP contribution in [0.25, 0.3) is 0 Å². The molecule has 0 N–H and O–H groups in total. The number of carbonyl (C=O) groups excluding carboxylic acids is 1. The molecule has 0 radical (unpaired) electrons. The Balaban J connectivity index is 2.80. The van der Waals surface area contributed by atoms with Gasteiger partial charge in [0, 0.05) is 12.0 Å². The molecule has 0 amide bonds. The fourth-order valence-electron chi connectivity index (χ4n) is 2.22. The molecule has 1 rings (SSSR count). The molecule has 0 aliphatic heterocycles. The van der Waals surface area contributed by atoms with Crippen LogP contribution in [0.5, 0.6) is 0 Å². The molecule has 0 saturated carbocycles. The number of ketones is 1. The first kappa shape index (κ1) is 13.0. The minimum atomic E-state index is 0.229. The Labute approximate surface area is 98.0 Å². The van der Waals surface area contributed by atoms with Crippen molar-refractivity contribution in [1.82, 2.24) is 0 Å². The monoisotopic (exact) mass is 222 g/mol. The van der Waals surface area contributed by atoms with Crippen LogP contribution in [0, 0.1) is 26.7 Å². The highest BCUT2D eigenvalue weighted by Crippen LogP contribution is 2.24. The predicted octanol–water partition coefficient (Wildman–Crippen LogP) is 4.21. The van der Waals surface area contributed by atoms with E-state index in [1.54, 1.807) is 0 Å². The van der Waals surface area contributed by atoms with E-state index in [2.05, 4.69) is 13.8 Å². The summed E-state index contributed by atoms with van der Waals surface area (Å²) in [5.41, 5.74) is 1.81. The van der Waals surface area contributed by atoms with E-state index < -0.39 is 0 Å². The maximum atomic E-state index is 12.1. The van der Waals surface area contributed by atoms with Crippen LogP contribution in [-0.4, -0.2) is 5.78 Å². The van der Waals surface area contributed by atoms with Gasteiger partial charge >= 0.3 is 0 Å². The van der Waals surface area contributed by atoms with Gasteiger partial charge in [-0.3, -0.25) is 4.79 Å². The third kappa shape index (κ3) is 2.75. The predicted molar refractivity (Wildman–Crippen MR) is 65.9 cm³/mol. The van der Waals surface area contributed by atoms with E-state index in [9.17, 15) is 4.79 Å². The average Bonchev–Trinajstić information content (AvgIpc) is 2.41. The first-order valence-corrected chi connectivity index (χ1v) is 6.07. The van der Waals surface area contributed by atoms with Gasteiger partial charge in [-0.1, -0.05) is 26.7 Å². The largest absolute Gasteiger partial charge is 0.466 e. The Hall–Kier alpha value is -1.05. The Morgan fingerprint density at radius 2 is 1.88 bits per heavy atom. The minimum Gasteiger partial charge on any atom is -0.466 e. The van der Waals surface area contributed by atoms with Crippen molar-refractivity contribution in [2.45, 2.75) is 53.9 Å². The lowest BCUT2D eigenvalue weighted by Gasteiger charge is -2.08. The van der Waals surface area contributed by atoms with E-state index in [1.807, 2.05) is 20.8 Å². The summed E-state index contributed by atoms with van der Waals surface area (Å²) in [6.07, 6.45) is 2.88. The zero-order valence-electron chi connectivity index (χ0n) is 11.0. The molecule has 0 aliphatic rings. The molecule has 1 heterocycles. The van der Waals surface area contributed by atoms with Crippen LogP contribution < -0.4 is 0 Å². The number of furan rings is 1. The molecule has 0 bridgehead atoms. The second-order valence-electron chi connectivity index (χ2n) is 4.74. The van der Waals surface area contributed by atoms with E-state index in [1.165, 1.54) is 0 Å². The number of aryl methyl sites for hydroxylation is 2. The summed E-state index contributed by atoms with van der Waals surface area (Å²) >= 11 is 0. The zero-order chi connectivity index (χ0) is 12.3. The third-order valence-electron chi connectivity index (χ3n) is 3.16. The molecule has 1 aromatic heterocycles. The molecule has 0 saturated heterocycles. The number of hydrogen-bond donors (Lipinski definition) is 0. The molecule has 1 atom stereocenters. The van der Waals surface area contributed by atoms with E-state index >= 15 is 0 Å². The lowest BCUT2D eigenvalue weighted by atomic mass is 9.94. The topological polar surface area (TPSA) is 30.2 Å². The summed E-state index contributed by atoms with van der Waals surface area (Å²) in [7, 11) is 0. The molecule has 2 heteroatoms. The number of Topliss-reactive ketones (excluding diaryl/α,β-unsaturated/α-hetero) is 1. The zero-order valence-corrected chi connectivity index (χ0v) is 11.0. The van der Waals surface area contributed by atoms with Crippen molar-refractivity contribution in [2.24, 2.45) is 5.92 Å². The summed E-state index contributed by atoms with van der Waals surface area (Å²) in [6, 6.07) is 0. The molecule has 16 heavy (non-hydrogen) atoms. The van der Waals surface area contributed by atoms with Crippen LogP contribution in [0.15, 0.2) is 4.42 Å². The van der Waals surface area contributed by atoms with Crippen molar-refractivity contribution < 1.29 is 9.21 Å². The fourth-order valence-corrected chi connectivity index (χ4v) is 2.22. The lowest BCUT2D eigenvalue weighted by molar-refractivity contribution is 0.0960. The van der Waals surface area contributed by atoms with Crippen LogP contribution in [0.2, 0.25) is 0 Å². The summed E-state index contributed by atoms with van der Waals surface area (Å²) in [5, 5.41) is 0. The lowest BCUT2D eigenvalue weighted by Crippen LogP contribution is -2.07. The van der Waals surface area contributed by atoms with Gasteiger partial charge in [-0.15, -0.1) is 0 Å². The van der Waals surface area contributed by atoms with Crippen LogP contribution in [-0.2, 0) is 0 Å². The molecular weight excluding hydrogens is 200 g/mol. The fraction of sp³-hybridized carbons (Fsp3) is 0.643. The molecule has 0 aromatic carbocycles. The SMILES string of the molecule is CCCC(C)CC(=O)c1c(C)oc(C)c1C. The third-order valence-corrected chi connectivity index (χ3v) is 3.16. The number of rotatable bonds is 5. The van der Waals surface area contributed by atoms with Gasteiger partial charge in [0.1, 0.15) is 11.5 Å². The summed E-state index contributed by atoms with van der Waals surface area (Å²) in [4.78, 5) is 12.1. The van der Waals surface area contributed by atoms with Crippen LogP contribution in [0.1, 0.15) is 60.6 Å². The van der Waals surface area contributed by atoms with Crippen molar-refractivity contribution in [1.29, 1.82) is 0 Å². The molecule has 1 unspecified atom stereocenters. The molecule has 0 spiro atoms. The molecule has 1 aromatic rings. The highest BCUT2D eigenvalue weighted by atomic mass is 16.3. The molecule has 0 fully saturated rings. The Morgan fingerprint density at radius 1 is 1.25 bits per heavy atom. The molecule has 2 nitrogen and oxygen atoms in total. The smallest absolute Gasteiger partial charge is 0.166 e. The number of carbonyl (C=O) groups is 1. The van der Waals surface area contributed by atoms with E-state index in [-0.39, 0.29) is 5.78 Å². The van der Waals surface area contributed by atoms with Crippen LogP contribution >= 0.6 is 0 Å². The first-order valence-electron chi connectivity index (χ1n) is 6.07. The van der Waals surface area contributed by atoms with Crippen molar-refractivity contribution in [3.05, 3.63) is 22.6 Å². The Kier molecular flexibility index (Phi) is 4.34. The summed E-state index contributed by atoms with van der Waals surface area (Å²) in [5.74, 6) is 2.33. The van der Waals surface area contributed by atoms with Crippen molar-refractivity contribution in [3.8, 4) is 0 Å². The summed E-state index contributed by atoms with van der Waals surface area (Å²) in [6.45, 7) is 10.0. The Bertz CT molecular complexity index is 374. The van der Waals surface area contributed by atoms with Gasteiger partial charge in [0.05, 0.1) is 5.56 Å². The second-order valence-corrected chi connectivity index (χ2v) is 4.74. The van der Waals surface area contributed by atoms with Crippen molar-refractivity contribution >= 4 is 5.78 Å². The standard InChI is InChI=1S/C14H22O2/c1-6-7-9(2)8-13(15)14-10(3)11(4)16-12(14)5/h9H,6-8H2,1-5H3. The van der Waals surface area contributed by atoms with Gasteiger partial charge in [-0.05, 0) is 26.7 Å². The molecule has 90 valence electrons. The second kappa shape index (κ2) is 5.33.